The second-order valence-electron chi connectivity index (χ2n) is 5.69. The molecule has 122 valence electrons. The van der Waals surface area contributed by atoms with E-state index >= 15 is 0 Å². The molecular formula is C15H24N4O3. The van der Waals surface area contributed by atoms with Crippen LogP contribution < -0.4 is 10.1 Å². The van der Waals surface area contributed by atoms with E-state index in [1.165, 1.54) is 20.0 Å². The molecule has 0 atom stereocenters. The van der Waals surface area contributed by atoms with Crippen molar-refractivity contribution in [2.24, 2.45) is 0 Å². The minimum absolute atomic E-state index is 0.0413. The largest absolute Gasteiger partial charge is 0.476 e. The van der Waals surface area contributed by atoms with Gasteiger partial charge in [0.15, 0.2) is 0 Å². The normalized spacial score (nSPS) is 16.1. The van der Waals surface area contributed by atoms with Crippen LogP contribution in [-0.2, 0) is 6.42 Å². The minimum Gasteiger partial charge on any atom is -0.476 e. The third kappa shape index (κ3) is 4.05. The van der Waals surface area contributed by atoms with Gasteiger partial charge < -0.3 is 10.1 Å². The molecule has 22 heavy (non-hydrogen) atoms. The number of anilines is 1. The second kappa shape index (κ2) is 7.91. The van der Waals surface area contributed by atoms with Crippen molar-refractivity contribution in [3.05, 3.63) is 15.9 Å². The van der Waals surface area contributed by atoms with Crippen LogP contribution in [0.2, 0.25) is 0 Å². The molecule has 1 aromatic heterocycles. The van der Waals surface area contributed by atoms with E-state index in [1.807, 2.05) is 6.92 Å². The monoisotopic (exact) mass is 308 g/mol. The number of ether oxygens (including phenoxy) is 1. The lowest BCUT2D eigenvalue weighted by atomic mass is 10.1. The molecule has 0 unspecified atom stereocenters. The highest BCUT2D eigenvalue weighted by Crippen LogP contribution is 2.33. The van der Waals surface area contributed by atoms with Crippen LogP contribution in [0.5, 0.6) is 5.88 Å². The summed E-state index contributed by atoms with van der Waals surface area (Å²) in [6, 6.07) is 0.232. The number of nitro groups is 1. The summed E-state index contributed by atoms with van der Waals surface area (Å²) in [5.74, 6) is 0.924. The van der Waals surface area contributed by atoms with Crippen LogP contribution in [0.1, 0.15) is 57.7 Å². The Kier molecular flexibility index (Phi) is 5.91. The molecule has 1 aliphatic carbocycles. The highest BCUT2D eigenvalue weighted by molar-refractivity contribution is 5.62. The molecule has 1 saturated carbocycles. The van der Waals surface area contributed by atoms with Crippen LogP contribution in [0, 0.1) is 10.1 Å². The lowest BCUT2D eigenvalue weighted by Gasteiger charge is -2.17. The van der Waals surface area contributed by atoms with Gasteiger partial charge in [0, 0.05) is 12.5 Å². The van der Waals surface area contributed by atoms with Crippen molar-refractivity contribution in [2.45, 2.75) is 64.3 Å². The zero-order valence-electron chi connectivity index (χ0n) is 13.3. The summed E-state index contributed by atoms with van der Waals surface area (Å²) in [5.41, 5.74) is -0.161. The predicted molar refractivity (Wildman–Crippen MR) is 84.3 cm³/mol. The first-order valence-electron chi connectivity index (χ1n) is 8.01. The summed E-state index contributed by atoms with van der Waals surface area (Å²) in [5, 5.41) is 14.7. The number of hydrogen-bond acceptors (Lipinski definition) is 6. The summed E-state index contributed by atoms with van der Waals surface area (Å²) in [7, 11) is 1.40. The van der Waals surface area contributed by atoms with Crippen LogP contribution in [0.4, 0.5) is 11.5 Å². The molecule has 1 N–H and O–H groups in total. The number of aryl methyl sites for hydroxylation is 1. The van der Waals surface area contributed by atoms with Gasteiger partial charge in [-0.05, 0) is 19.3 Å². The van der Waals surface area contributed by atoms with Crippen molar-refractivity contribution in [1.82, 2.24) is 9.97 Å². The van der Waals surface area contributed by atoms with Crippen molar-refractivity contribution in [1.29, 1.82) is 0 Å². The van der Waals surface area contributed by atoms with Gasteiger partial charge in [0.25, 0.3) is 5.88 Å². The molecule has 1 fully saturated rings. The van der Waals surface area contributed by atoms with E-state index in [2.05, 4.69) is 15.3 Å². The van der Waals surface area contributed by atoms with Crippen LogP contribution >= 0.6 is 0 Å². The topological polar surface area (TPSA) is 90.2 Å². The number of rotatable bonds is 6. The standard InChI is InChI=1S/C15H24N4O3/c1-3-8-12-17-14(13(19(20)21)15(18-12)22-2)16-11-9-6-4-5-7-10-11/h11H,3-10H2,1-2H3,(H,16,17,18). The van der Waals surface area contributed by atoms with Gasteiger partial charge in [0.05, 0.1) is 12.0 Å². The van der Waals surface area contributed by atoms with Gasteiger partial charge in [0.1, 0.15) is 5.82 Å². The summed E-state index contributed by atoms with van der Waals surface area (Å²) < 4.78 is 5.12. The average molecular weight is 308 g/mol. The summed E-state index contributed by atoms with van der Waals surface area (Å²) in [4.78, 5) is 19.5. The van der Waals surface area contributed by atoms with Gasteiger partial charge in [0.2, 0.25) is 5.82 Å². The van der Waals surface area contributed by atoms with E-state index < -0.39 is 4.92 Å². The molecule has 1 aromatic rings. The van der Waals surface area contributed by atoms with Crippen molar-refractivity contribution in [2.75, 3.05) is 12.4 Å². The van der Waals surface area contributed by atoms with Gasteiger partial charge in [-0.25, -0.2) is 4.98 Å². The van der Waals surface area contributed by atoms with Crippen LogP contribution in [0.25, 0.3) is 0 Å². The molecule has 0 aliphatic heterocycles. The molecule has 1 heterocycles. The Hall–Kier alpha value is -1.92. The zero-order valence-corrected chi connectivity index (χ0v) is 13.3. The number of nitrogens with zero attached hydrogens (tertiary/aromatic N) is 3. The van der Waals surface area contributed by atoms with Crippen molar-refractivity contribution < 1.29 is 9.66 Å². The first kappa shape index (κ1) is 16.5. The second-order valence-corrected chi connectivity index (χ2v) is 5.69. The van der Waals surface area contributed by atoms with Gasteiger partial charge in [-0.3, -0.25) is 10.1 Å². The smallest absolute Gasteiger partial charge is 0.372 e. The number of hydrogen-bond donors (Lipinski definition) is 1. The van der Waals surface area contributed by atoms with E-state index in [1.54, 1.807) is 0 Å². The fraction of sp³-hybridized carbons (Fsp3) is 0.733. The zero-order chi connectivity index (χ0) is 15.9. The van der Waals surface area contributed by atoms with E-state index in [0.717, 1.165) is 32.1 Å². The maximum Gasteiger partial charge on any atom is 0.372 e. The van der Waals surface area contributed by atoms with Gasteiger partial charge in [-0.1, -0.05) is 32.6 Å². The molecule has 0 bridgehead atoms. The lowest BCUT2D eigenvalue weighted by Crippen LogP contribution is -2.21. The van der Waals surface area contributed by atoms with Crippen LogP contribution in [0.15, 0.2) is 0 Å². The molecule has 2 rings (SSSR count). The number of aromatic nitrogens is 2. The number of nitrogens with one attached hydrogen (secondary N) is 1. The molecule has 7 nitrogen and oxygen atoms in total. The SMILES string of the molecule is CCCc1nc(NC2CCCCCC2)c([N+](=O)[O-])c(OC)n1. The first-order valence-corrected chi connectivity index (χ1v) is 8.01. The average Bonchev–Trinajstić information content (AvgIpc) is 2.75. The Morgan fingerprint density at radius 3 is 2.50 bits per heavy atom. The van der Waals surface area contributed by atoms with Crippen LogP contribution in [-0.4, -0.2) is 28.0 Å². The van der Waals surface area contributed by atoms with Crippen molar-refractivity contribution in [3.8, 4) is 5.88 Å². The maximum atomic E-state index is 11.4. The Bertz CT molecular complexity index is 514. The van der Waals surface area contributed by atoms with Crippen molar-refractivity contribution in [3.63, 3.8) is 0 Å². The summed E-state index contributed by atoms with van der Waals surface area (Å²) in [6.45, 7) is 2.02. The van der Waals surface area contributed by atoms with Gasteiger partial charge in [-0.15, -0.1) is 0 Å². The van der Waals surface area contributed by atoms with Crippen molar-refractivity contribution >= 4 is 11.5 Å². The Morgan fingerprint density at radius 1 is 1.27 bits per heavy atom. The van der Waals surface area contributed by atoms with Gasteiger partial charge in [-0.2, -0.15) is 4.98 Å². The molecule has 0 amide bonds. The molecule has 0 saturated heterocycles. The minimum atomic E-state index is -0.465. The lowest BCUT2D eigenvalue weighted by molar-refractivity contribution is -0.385. The Morgan fingerprint density at radius 2 is 1.95 bits per heavy atom. The fourth-order valence-electron chi connectivity index (χ4n) is 2.84. The maximum absolute atomic E-state index is 11.4. The molecule has 0 spiro atoms. The van der Waals surface area contributed by atoms with E-state index in [9.17, 15) is 10.1 Å². The summed E-state index contributed by atoms with van der Waals surface area (Å²) in [6.07, 6.45) is 8.35. The fourth-order valence-corrected chi connectivity index (χ4v) is 2.84. The quantitative estimate of drug-likeness (QED) is 0.491. The van der Waals surface area contributed by atoms with E-state index in [4.69, 9.17) is 4.74 Å². The predicted octanol–water partition coefficient (Wildman–Crippen LogP) is 3.48. The third-order valence-corrected chi connectivity index (χ3v) is 3.94. The molecule has 0 aromatic carbocycles. The third-order valence-electron chi connectivity index (χ3n) is 3.94. The van der Waals surface area contributed by atoms with E-state index in [0.29, 0.717) is 18.1 Å². The number of methoxy groups -OCH3 is 1. The molecule has 0 radical (unpaired) electrons. The Labute approximate surface area is 130 Å². The first-order chi connectivity index (χ1) is 10.7. The molecule has 7 heteroatoms. The molecule has 1 aliphatic rings. The van der Waals surface area contributed by atoms with Crippen LogP contribution in [0.3, 0.4) is 0 Å². The van der Waals surface area contributed by atoms with Gasteiger partial charge >= 0.3 is 5.69 Å². The summed E-state index contributed by atoms with van der Waals surface area (Å²) >= 11 is 0. The Balaban J connectivity index is 2.32. The highest BCUT2D eigenvalue weighted by atomic mass is 16.6. The highest BCUT2D eigenvalue weighted by Gasteiger charge is 2.27. The van der Waals surface area contributed by atoms with E-state index in [-0.39, 0.29) is 17.6 Å². The molecular weight excluding hydrogens is 284 g/mol.